The number of hydrogen-bond acceptors (Lipinski definition) is 2. The number of rotatable bonds is 4. The van der Waals surface area contributed by atoms with E-state index in [2.05, 4.69) is 13.8 Å². The van der Waals surface area contributed by atoms with Gasteiger partial charge in [-0.2, -0.15) is 0 Å². The Morgan fingerprint density at radius 3 is 2.12 bits per heavy atom. The summed E-state index contributed by atoms with van der Waals surface area (Å²) in [5.74, 6) is 0.957. The minimum atomic E-state index is -0.583. The first-order valence-electron chi connectivity index (χ1n) is 6.44. The van der Waals surface area contributed by atoms with Gasteiger partial charge in [0, 0.05) is 0 Å². The van der Waals surface area contributed by atoms with Crippen LogP contribution >= 0.6 is 11.8 Å². The van der Waals surface area contributed by atoms with Gasteiger partial charge in [0.2, 0.25) is 0 Å². The predicted octanol–water partition coefficient (Wildman–Crippen LogP) is 3.94. The maximum Gasteiger partial charge on any atom is 0.319 e. The monoisotopic (exact) mass is 244 g/mol. The number of carbonyl (C=O) groups is 1. The van der Waals surface area contributed by atoms with Crippen molar-refractivity contribution in [1.29, 1.82) is 0 Å². The number of thioether (sulfide) groups is 1. The standard InChI is InChI=1S/C13H24O2S/c1-11(2)10-16-13(12(14)15)8-6-4-3-5-7-9-13/h11H,3-10H2,1-2H3,(H,14,15). The van der Waals surface area contributed by atoms with Crippen molar-refractivity contribution in [2.75, 3.05) is 5.75 Å². The number of aliphatic carboxylic acids is 1. The molecule has 0 aromatic rings. The summed E-state index contributed by atoms with van der Waals surface area (Å²) in [5, 5.41) is 9.50. The zero-order valence-electron chi connectivity index (χ0n) is 10.5. The first-order chi connectivity index (χ1) is 7.57. The molecule has 0 atom stereocenters. The molecule has 1 aliphatic rings. The van der Waals surface area contributed by atoms with Crippen molar-refractivity contribution in [3.8, 4) is 0 Å². The minimum Gasteiger partial charge on any atom is -0.480 e. The Balaban J connectivity index is 2.63. The third kappa shape index (κ3) is 4.00. The van der Waals surface area contributed by atoms with Crippen LogP contribution in [-0.4, -0.2) is 21.6 Å². The lowest BCUT2D eigenvalue weighted by Gasteiger charge is -2.31. The number of carboxylic acids is 1. The lowest BCUT2D eigenvalue weighted by atomic mass is 9.90. The van der Waals surface area contributed by atoms with Crippen LogP contribution in [0.1, 0.15) is 58.8 Å². The van der Waals surface area contributed by atoms with E-state index in [1.165, 1.54) is 19.3 Å². The van der Waals surface area contributed by atoms with Crippen molar-refractivity contribution in [3.05, 3.63) is 0 Å². The van der Waals surface area contributed by atoms with Gasteiger partial charge in [-0.05, 0) is 24.5 Å². The first kappa shape index (κ1) is 13.9. The maximum atomic E-state index is 11.5. The predicted molar refractivity (Wildman–Crippen MR) is 70.0 cm³/mol. The van der Waals surface area contributed by atoms with E-state index in [-0.39, 0.29) is 0 Å². The van der Waals surface area contributed by atoms with Gasteiger partial charge in [-0.25, -0.2) is 0 Å². The maximum absolute atomic E-state index is 11.5. The largest absolute Gasteiger partial charge is 0.480 e. The Labute approximate surface area is 103 Å². The second kappa shape index (κ2) is 6.53. The van der Waals surface area contributed by atoms with Gasteiger partial charge in [0.15, 0.2) is 0 Å². The summed E-state index contributed by atoms with van der Waals surface area (Å²) < 4.78 is -0.481. The van der Waals surface area contributed by atoms with E-state index in [1.807, 2.05) is 0 Å². The van der Waals surface area contributed by atoms with Gasteiger partial charge < -0.3 is 5.11 Å². The molecule has 94 valence electrons. The highest BCUT2D eigenvalue weighted by molar-refractivity contribution is 8.01. The Hall–Kier alpha value is -0.180. The number of hydrogen-bond donors (Lipinski definition) is 1. The van der Waals surface area contributed by atoms with E-state index >= 15 is 0 Å². The van der Waals surface area contributed by atoms with Gasteiger partial charge >= 0.3 is 5.97 Å². The van der Waals surface area contributed by atoms with Crippen LogP contribution in [-0.2, 0) is 4.79 Å². The summed E-state index contributed by atoms with van der Waals surface area (Å²) in [7, 11) is 0. The molecule has 1 saturated carbocycles. The summed E-state index contributed by atoms with van der Waals surface area (Å²) >= 11 is 1.68. The first-order valence-corrected chi connectivity index (χ1v) is 7.43. The second-order valence-electron chi connectivity index (χ2n) is 5.27. The molecule has 0 amide bonds. The fourth-order valence-electron chi connectivity index (χ4n) is 2.22. The topological polar surface area (TPSA) is 37.3 Å². The minimum absolute atomic E-state index is 0.481. The third-order valence-corrected chi connectivity index (χ3v) is 5.21. The summed E-state index contributed by atoms with van der Waals surface area (Å²) in [6.07, 6.45) is 7.58. The van der Waals surface area contributed by atoms with Crippen LogP contribution in [0.4, 0.5) is 0 Å². The van der Waals surface area contributed by atoms with Gasteiger partial charge in [0.05, 0.1) is 0 Å². The molecule has 0 unspecified atom stereocenters. The van der Waals surface area contributed by atoms with Gasteiger partial charge in [-0.3, -0.25) is 4.79 Å². The smallest absolute Gasteiger partial charge is 0.319 e. The highest BCUT2D eigenvalue weighted by Crippen LogP contribution is 2.39. The van der Waals surface area contributed by atoms with Crippen LogP contribution < -0.4 is 0 Å². The lowest BCUT2D eigenvalue weighted by Crippen LogP contribution is -2.36. The molecule has 1 N–H and O–H groups in total. The van der Waals surface area contributed by atoms with E-state index in [9.17, 15) is 9.90 Å². The average Bonchev–Trinajstić information content (AvgIpc) is 2.15. The average molecular weight is 244 g/mol. The van der Waals surface area contributed by atoms with E-state index in [1.54, 1.807) is 11.8 Å². The summed E-state index contributed by atoms with van der Waals surface area (Å²) in [5.41, 5.74) is 0. The summed E-state index contributed by atoms with van der Waals surface area (Å²) in [4.78, 5) is 11.5. The highest BCUT2D eigenvalue weighted by Gasteiger charge is 2.38. The van der Waals surface area contributed by atoms with E-state index in [0.29, 0.717) is 5.92 Å². The van der Waals surface area contributed by atoms with Gasteiger partial charge in [0.1, 0.15) is 4.75 Å². The molecular weight excluding hydrogens is 220 g/mol. The van der Waals surface area contributed by atoms with Crippen molar-refractivity contribution >= 4 is 17.7 Å². The molecule has 0 bridgehead atoms. The van der Waals surface area contributed by atoms with E-state index in [0.717, 1.165) is 31.4 Å². The fourth-order valence-corrected chi connectivity index (χ4v) is 3.58. The van der Waals surface area contributed by atoms with Crippen LogP contribution in [0.2, 0.25) is 0 Å². The van der Waals surface area contributed by atoms with Crippen molar-refractivity contribution in [3.63, 3.8) is 0 Å². The van der Waals surface area contributed by atoms with Crippen LogP contribution in [0, 0.1) is 5.92 Å². The molecule has 2 nitrogen and oxygen atoms in total. The van der Waals surface area contributed by atoms with Crippen molar-refractivity contribution in [2.45, 2.75) is 63.5 Å². The molecule has 0 aliphatic heterocycles. The summed E-state index contributed by atoms with van der Waals surface area (Å²) in [6.45, 7) is 4.32. The van der Waals surface area contributed by atoms with Crippen LogP contribution in [0.5, 0.6) is 0 Å². The molecule has 3 heteroatoms. The Morgan fingerprint density at radius 1 is 1.19 bits per heavy atom. The molecule has 0 radical (unpaired) electrons. The molecule has 0 spiro atoms. The zero-order valence-corrected chi connectivity index (χ0v) is 11.3. The normalized spacial score (nSPS) is 21.4. The third-order valence-electron chi connectivity index (χ3n) is 3.24. The Kier molecular flexibility index (Phi) is 5.67. The quantitative estimate of drug-likeness (QED) is 0.813. The molecule has 0 saturated heterocycles. The molecule has 1 rings (SSSR count). The fraction of sp³-hybridized carbons (Fsp3) is 0.923. The van der Waals surface area contributed by atoms with Crippen LogP contribution in [0.3, 0.4) is 0 Å². The molecule has 0 aromatic heterocycles. The van der Waals surface area contributed by atoms with Gasteiger partial charge in [-0.1, -0.05) is 46.0 Å². The number of carboxylic acid groups (broad SMARTS) is 1. The Morgan fingerprint density at radius 2 is 1.69 bits per heavy atom. The molecule has 0 heterocycles. The van der Waals surface area contributed by atoms with Crippen LogP contribution in [0.15, 0.2) is 0 Å². The Bertz CT molecular complexity index is 218. The van der Waals surface area contributed by atoms with E-state index in [4.69, 9.17) is 0 Å². The summed E-state index contributed by atoms with van der Waals surface area (Å²) in [6, 6.07) is 0. The molecular formula is C13H24O2S. The van der Waals surface area contributed by atoms with Crippen LogP contribution in [0.25, 0.3) is 0 Å². The van der Waals surface area contributed by atoms with Gasteiger partial charge in [-0.15, -0.1) is 11.8 Å². The second-order valence-corrected chi connectivity index (χ2v) is 6.68. The van der Waals surface area contributed by atoms with Crippen molar-refractivity contribution in [2.24, 2.45) is 5.92 Å². The van der Waals surface area contributed by atoms with Crippen molar-refractivity contribution in [1.82, 2.24) is 0 Å². The lowest BCUT2D eigenvalue weighted by molar-refractivity contribution is -0.140. The van der Waals surface area contributed by atoms with Crippen molar-refractivity contribution < 1.29 is 9.90 Å². The molecule has 1 fully saturated rings. The van der Waals surface area contributed by atoms with Gasteiger partial charge in [0.25, 0.3) is 0 Å². The SMILES string of the molecule is CC(C)CSC1(C(=O)O)CCCCCCC1. The zero-order chi connectivity index (χ0) is 12.0. The van der Waals surface area contributed by atoms with E-state index < -0.39 is 10.7 Å². The molecule has 16 heavy (non-hydrogen) atoms. The molecule has 1 aliphatic carbocycles. The highest BCUT2D eigenvalue weighted by atomic mass is 32.2. The molecule has 0 aromatic carbocycles.